The van der Waals surface area contributed by atoms with Gasteiger partial charge in [0.25, 0.3) is 20.2 Å². The highest BCUT2D eigenvalue weighted by molar-refractivity contribution is 7.98. The lowest BCUT2D eigenvalue weighted by atomic mass is 10.1. The lowest BCUT2D eigenvalue weighted by Gasteiger charge is -2.07. The first-order valence-electron chi connectivity index (χ1n) is 4.38. The molecule has 17 heavy (non-hydrogen) atoms. The van der Waals surface area contributed by atoms with Gasteiger partial charge in [0.05, 0.1) is 0 Å². The lowest BCUT2D eigenvalue weighted by molar-refractivity contribution is 0.466. The van der Waals surface area contributed by atoms with Crippen molar-refractivity contribution in [3.05, 3.63) is 23.3 Å². The fourth-order valence-corrected chi connectivity index (χ4v) is 4.51. The minimum Gasteiger partial charge on any atom is -0.282 e. The first-order chi connectivity index (χ1) is 7.69. The van der Waals surface area contributed by atoms with Crippen LogP contribution in [-0.2, 0) is 31.7 Å². The molecule has 1 aromatic carbocycles. The van der Waals surface area contributed by atoms with Crippen LogP contribution in [0.5, 0.6) is 0 Å². The van der Waals surface area contributed by atoms with Gasteiger partial charge in [-0.3, -0.25) is 9.11 Å². The average molecular weight is 296 g/mol. The molecule has 1 aromatic rings. The number of thioether (sulfide) groups is 1. The van der Waals surface area contributed by atoms with Crippen molar-refractivity contribution in [2.75, 3.05) is 0 Å². The highest BCUT2D eigenvalue weighted by Gasteiger charge is 2.27. The number of rotatable bonds is 2. The summed E-state index contributed by atoms with van der Waals surface area (Å²) in [7, 11) is -9.37. The number of hydrogen-bond acceptors (Lipinski definition) is 5. The molecular weight excluding hydrogens is 288 g/mol. The largest absolute Gasteiger partial charge is 0.295 e. The molecule has 0 atom stereocenters. The van der Waals surface area contributed by atoms with Gasteiger partial charge in [-0.15, -0.1) is 0 Å². The SMILES string of the molecule is O=S(=O)(O)c1cc2c(cc1S(=O)(=O)O)CSC2. The van der Waals surface area contributed by atoms with Gasteiger partial charge in [0, 0.05) is 11.5 Å². The Balaban J connectivity index is 2.82. The van der Waals surface area contributed by atoms with Crippen LogP contribution in [0.3, 0.4) is 0 Å². The lowest BCUT2D eigenvalue weighted by Crippen LogP contribution is -2.09. The summed E-state index contributed by atoms with van der Waals surface area (Å²) in [6.07, 6.45) is 0. The van der Waals surface area contributed by atoms with E-state index < -0.39 is 30.0 Å². The number of fused-ring (bicyclic) bond motifs is 1. The van der Waals surface area contributed by atoms with Crippen LogP contribution in [0.25, 0.3) is 0 Å². The minimum atomic E-state index is -4.69. The molecule has 9 heteroatoms. The number of hydrogen-bond donors (Lipinski definition) is 2. The molecule has 0 spiro atoms. The smallest absolute Gasteiger partial charge is 0.282 e. The van der Waals surface area contributed by atoms with E-state index in [9.17, 15) is 16.8 Å². The predicted octanol–water partition coefficient (Wildman–Crippen LogP) is 0.927. The Morgan fingerprint density at radius 3 is 1.53 bits per heavy atom. The third-order valence-corrected chi connectivity index (χ3v) is 5.28. The molecular formula is C8H8O6S3. The van der Waals surface area contributed by atoms with E-state index in [4.69, 9.17) is 9.11 Å². The van der Waals surface area contributed by atoms with Crippen molar-refractivity contribution >= 4 is 32.0 Å². The fourth-order valence-electron chi connectivity index (χ4n) is 1.59. The topological polar surface area (TPSA) is 109 Å². The maximum absolute atomic E-state index is 11.1. The van der Waals surface area contributed by atoms with Crippen molar-refractivity contribution in [1.82, 2.24) is 0 Å². The normalized spacial score (nSPS) is 15.9. The van der Waals surface area contributed by atoms with Gasteiger partial charge in [0.2, 0.25) is 0 Å². The molecule has 0 bridgehead atoms. The third-order valence-electron chi connectivity index (χ3n) is 2.34. The van der Waals surface area contributed by atoms with Crippen LogP contribution in [0, 0.1) is 0 Å². The van der Waals surface area contributed by atoms with E-state index in [1.165, 1.54) is 11.8 Å². The molecule has 1 aliphatic rings. The van der Waals surface area contributed by atoms with Crippen LogP contribution in [0.15, 0.2) is 21.9 Å². The van der Waals surface area contributed by atoms with Crippen LogP contribution in [0.1, 0.15) is 11.1 Å². The van der Waals surface area contributed by atoms with E-state index in [2.05, 4.69) is 0 Å². The molecule has 94 valence electrons. The summed E-state index contributed by atoms with van der Waals surface area (Å²) in [6.45, 7) is 0. The molecule has 0 aromatic heterocycles. The van der Waals surface area contributed by atoms with E-state index >= 15 is 0 Å². The summed E-state index contributed by atoms with van der Waals surface area (Å²) in [5.41, 5.74) is 1.30. The van der Waals surface area contributed by atoms with Crippen molar-refractivity contribution in [1.29, 1.82) is 0 Å². The Kier molecular flexibility index (Phi) is 2.99. The molecule has 0 amide bonds. The van der Waals surface area contributed by atoms with E-state index in [1.807, 2.05) is 0 Å². The maximum atomic E-state index is 11.1. The van der Waals surface area contributed by atoms with Crippen molar-refractivity contribution in [3.8, 4) is 0 Å². The first-order valence-corrected chi connectivity index (χ1v) is 8.41. The van der Waals surface area contributed by atoms with Crippen molar-refractivity contribution < 1.29 is 25.9 Å². The van der Waals surface area contributed by atoms with Crippen molar-refractivity contribution in [3.63, 3.8) is 0 Å². The molecule has 1 aliphatic heterocycles. The van der Waals surface area contributed by atoms with Gasteiger partial charge >= 0.3 is 0 Å². The molecule has 0 radical (unpaired) electrons. The zero-order valence-electron chi connectivity index (χ0n) is 8.32. The highest BCUT2D eigenvalue weighted by Crippen LogP contribution is 2.34. The van der Waals surface area contributed by atoms with E-state index in [0.29, 0.717) is 22.6 Å². The summed E-state index contributed by atoms with van der Waals surface area (Å²) < 4.78 is 62.2. The van der Waals surface area contributed by atoms with Crippen LogP contribution >= 0.6 is 11.8 Å². The minimum absolute atomic E-state index is 0.545. The second kappa shape index (κ2) is 3.95. The molecule has 2 N–H and O–H groups in total. The van der Waals surface area contributed by atoms with Crippen molar-refractivity contribution in [2.24, 2.45) is 0 Å². The Morgan fingerprint density at radius 1 is 0.882 bits per heavy atom. The van der Waals surface area contributed by atoms with Gasteiger partial charge < -0.3 is 0 Å². The molecule has 0 saturated carbocycles. The summed E-state index contributed by atoms with van der Waals surface area (Å²) >= 11 is 1.49. The fraction of sp³-hybridized carbons (Fsp3) is 0.250. The Labute approximate surface area is 103 Å². The third kappa shape index (κ3) is 2.47. The van der Waals surface area contributed by atoms with E-state index in [-0.39, 0.29) is 0 Å². The molecule has 0 saturated heterocycles. The summed E-state index contributed by atoms with van der Waals surface area (Å²) in [5, 5.41) is 0. The zero-order chi connectivity index (χ0) is 12.8. The molecule has 0 aliphatic carbocycles. The van der Waals surface area contributed by atoms with Crippen LogP contribution < -0.4 is 0 Å². The van der Waals surface area contributed by atoms with Gasteiger partial charge in [0.1, 0.15) is 9.79 Å². The standard InChI is InChI=1S/C8H8O6S3/c9-16(10,11)7-1-5-3-15-4-6(5)2-8(7)17(12,13)14/h1-2H,3-4H2,(H,9,10,11)(H,12,13,14). The zero-order valence-corrected chi connectivity index (χ0v) is 10.8. The molecule has 0 fully saturated rings. The quantitative estimate of drug-likeness (QED) is 0.781. The van der Waals surface area contributed by atoms with E-state index in [1.54, 1.807) is 0 Å². The van der Waals surface area contributed by atoms with Gasteiger partial charge in [-0.2, -0.15) is 28.6 Å². The van der Waals surface area contributed by atoms with E-state index in [0.717, 1.165) is 12.1 Å². The van der Waals surface area contributed by atoms with Crippen LogP contribution in [-0.4, -0.2) is 25.9 Å². The molecule has 2 rings (SSSR count). The average Bonchev–Trinajstić information content (AvgIpc) is 2.59. The summed E-state index contributed by atoms with van der Waals surface area (Å²) in [5.74, 6) is 1.09. The summed E-state index contributed by atoms with van der Waals surface area (Å²) in [4.78, 5) is -1.55. The van der Waals surface area contributed by atoms with Crippen LogP contribution in [0.2, 0.25) is 0 Å². The molecule has 1 heterocycles. The number of benzene rings is 1. The first kappa shape index (κ1) is 12.8. The summed E-state index contributed by atoms with van der Waals surface area (Å²) in [6, 6.07) is 2.18. The van der Waals surface area contributed by atoms with Crippen molar-refractivity contribution in [2.45, 2.75) is 21.3 Å². The second-order valence-electron chi connectivity index (χ2n) is 3.51. The van der Waals surface area contributed by atoms with Crippen LogP contribution in [0.4, 0.5) is 0 Å². The van der Waals surface area contributed by atoms with Gasteiger partial charge in [-0.05, 0) is 23.3 Å². The Bertz CT molecular complexity index is 614. The Morgan fingerprint density at radius 2 is 1.24 bits per heavy atom. The highest BCUT2D eigenvalue weighted by atomic mass is 32.2. The van der Waals surface area contributed by atoms with Gasteiger partial charge in [-0.25, -0.2) is 0 Å². The van der Waals surface area contributed by atoms with Gasteiger partial charge in [0.15, 0.2) is 0 Å². The predicted molar refractivity (Wildman–Crippen MR) is 61.1 cm³/mol. The molecule has 6 nitrogen and oxygen atoms in total. The van der Waals surface area contributed by atoms with Gasteiger partial charge in [-0.1, -0.05) is 0 Å². The maximum Gasteiger partial charge on any atom is 0.295 e. The Hall–Kier alpha value is -0.610. The molecule has 0 unspecified atom stereocenters. The monoisotopic (exact) mass is 296 g/mol. The second-order valence-corrected chi connectivity index (χ2v) is 7.28.